The van der Waals surface area contributed by atoms with Crippen molar-refractivity contribution in [2.75, 3.05) is 69.2 Å². The molecule has 3 aromatic carbocycles. The number of aromatic nitrogens is 4. The molecular formula is C48H51ClN10O7S. The molecule has 3 fully saturated rings. The van der Waals surface area contributed by atoms with Crippen LogP contribution in [0.25, 0.3) is 33.3 Å². The molecule has 67 heavy (non-hydrogen) atoms. The van der Waals surface area contributed by atoms with E-state index in [1.54, 1.807) is 23.1 Å². The van der Waals surface area contributed by atoms with Gasteiger partial charge in [0, 0.05) is 92.5 Å². The zero-order valence-electron chi connectivity index (χ0n) is 37.2. The third-order valence-electron chi connectivity index (χ3n) is 14.1. The zero-order valence-corrected chi connectivity index (χ0v) is 38.8. The maximum atomic E-state index is 14.4. The molecule has 2 bridgehead atoms. The van der Waals surface area contributed by atoms with E-state index in [4.69, 9.17) is 26.1 Å². The Hall–Kier alpha value is -6.05. The van der Waals surface area contributed by atoms with Crippen molar-refractivity contribution in [3.05, 3.63) is 111 Å². The number of pyridine rings is 1. The molecule has 3 saturated heterocycles. The van der Waals surface area contributed by atoms with E-state index >= 15 is 0 Å². The van der Waals surface area contributed by atoms with E-state index < -0.39 is 31.4 Å². The number of allylic oxidation sites excluding steroid dienone is 1. The summed E-state index contributed by atoms with van der Waals surface area (Å²) in [7, 11) is -4.66. The first-order valence-corrected chi connectivity index (χ1v) is 24.6. The highest BCUT2D eigenvalue weighted by atomic mass is 35.5. The average molecular weight is 948 g/mol. The molecule has 0 unspecified atom stereocenters. The Bertz CT molecular complexity index is 3090. The maximum absolute atomic E-state index is 14.4. The van der Waals surface area contributed by atoms with E-state index in [9.17, 15) is 23.3 Å². The van der Waals surface area contributed by atoms with E-state index in [-0.39, 0.29) is 41.2 Å². The first-order valence-electron chi connectivity index (χ1n) is 22.8. The Morgan fingerprint density at radius 2 is 1.87 bits per heavy atom. The van der Waals surface area contributed by atoms with Gasteiger partial charge >= 0.3 is 0 Å². The van der Waals surface area contributed by atoms with E-state index in [1.165, 1.54) is 22.8 Å². The minimum absolute atomic E-state index is 0.0188. The maximum Gasteiger partial charge on any atom is 0.297 e. The predicted octanol–water partition coefficient (Wildman–Crippen LogP) is 7.01. The van der Waals surface area contributed by atoms with E-state index in [0.717, 1.165) is 87.1 Å². The van der Waals surface area contributed by atoms with Crippen LogP contribution >= 0.6 is 11.6 Å². The number of carbonyl (C=O) groups excluding carboxylic acids is 1. The lowest BCUT2D eigenvalue weighted by atomic mass is 9.72. The number of carbonyl (C=O) groups is 1. The third-order valence-corrected chi connectivity index (χ3v) is 15.7. The van der Waals surface area contributed by atoms with Gasteiger partial charge in [-0.2, -0.15) is 0 Å². The van der Waals surface area contributed by atoms with E-state index in [1.807, 2.05) is 36.4 Å². The number of hydrogen-bond acceptors (Lipinski definition) is 13. The number of piperazine rings is 1. The fraction of sp³-hybridized carbons (Fsp3) is 0.396. The summed E-state index contributed by atoms with van der Waals surface area (Å²) in [4.78, 5) is 41.8. The molecule has 0 spiro atoms. The number of amides is 1. The van der Waals surface area contributed by atoms with Crippen molar-refractivity contribution in [3.63, 3.8) is 0 Å². The first kappa shape index (κ1) is 43.5. The number of nitro benzene ring substituents is 1. The number of hydrogen-bond donors (Lipinski definition) is 3. The number of morpholine rings is 1. The van der Waals surface area contributed by atoms with Crippen molar-refractivity contribution in [1.82, 2.24) is 34.3 Å². The highest BCUT2D eigenvalue weighted by Gasteiger charge is 2.41. The molecule has 3 N–H and O–H groups in total. The fourth-order valence-corrected chi connectivity index (χ4v) is 11.6. The number of benzene rings is 3. The number of halogens is 1. The van der Waals surface area contributed by atoms with Crippen LogP contribution in [0, 0.1) is 15.5 Å². The molecule has 3 atom stereocenters. The van der Waals surface area contributed by atoms with Crippen molar-refractivity contribution in [2.24, 2.45) is 5.41 Å². The van der Waals surface area contributed by atoms with Crippen molar-refractivity contribution >= 4 is 72.2 Å². The molecule has 5 aliphatic rings. The molecule has 1 amide bonds. The topological polar surface area (TPSA) is 193 Å². The van der Waals surface area contributed by atoms with Crippen LogP contribution < -0.4 is 19.7 Å². The molecule has 7 heterocycles. The number of likely N-dealkylation sites (tertiary alicyclic amines) is 1. The lowest BCUT2D eigenvalue weighted by molar-refractivity contribution is -0.384. The predicted molar refractivity (Wildman–Crippen MR) is 256 cm³/mol. The molecular weight excluding hydrogens is 896 g/mol. The Labute approximate surface area is 392 Å². The average Bonchev–Trinajstić information content (AvgIpc) is 4.14. The van der Waals surface area contributed by atoms with Gasteiger partial charge in [-0.25, -0.2) is 23.1 Å². The van der Waals surface area contributed by atoms with Gasteiger partial charge in [-0.3, -0.25) is 34.5 Å². The molecule has 19 heteroatoms. The van der Waals surface area contributed by atoms with Gasteiger partial charge in [0.15, 0.2) is 17.1 Å². The summed E-state index contributed by atoms with van der Waals surface area (Å²) in [6, 6.07) is 19.5. The molecule has 6 aromatic rings. The summed E-state index contributed by atoms with van der Waals surface area (Å²) >= 11 is 6.27. The number of rotatable bonds is 11. The molecule has 11 rings (SSSR count). The quantitative estimate of drug-likeness (QED) is 0.0888. The van der Waals surface area contributed by atoms with Crippen LogP contribution in [0.4, 0.5) is 17.1 Å². The number of nitrogens with one attached hydrogen (secondary N) is 3. The highest BCUT2D eigenvalue weighted by Crippen LogP contribution is 2.44. The molecule has 0 radical (unpaired) electrons. The molecule has 1 aliphatic carbocycles. The molecule has 4 aliphatic heterocycles. The summed E-state index contributed by atoms with van der Waals surface area (Å²) < 4.78 is 43.8. The van der Waals surface area contributed by atoms with Gasteiger partial charge in [0.1, 0.15) is 12.1 Å². The van der Waals surface area contributed by atoms with Crippen LogP contribution in [0.2, 0.25) is 5.02 Å². The second kappa shape index (κ2) is 16.9. The number of fused-ring (bicyclic) bond motifs is 5. The lowest BCUT2D eigenvalue weighted by Crippen LogP contribution is -2.47. The fourth-order valence-electron chi connectivity index (χ4n) is 10.5. The Kier molecular flexibility index (Phi) is 11.0. The smallest absolute Gasteiger partial charge is 0.297 e. The van der Waals surface area contributed by atoms with Crippen molar-refractivity contribution in [3.8, 4) is 11.4 Å². The monoisotopic (exact) mass is 946 g/mol. The number of sulfonamides is 1. The molecule has 3 aromatic heterocycles. The van der Waals surface area contributed by atoms with Crippen LogP contribution in [0.15, 0.2) is 89.6 Å². The van der Waals surface area contributed by atoms with Crippen molar-refractivity contribution in [2.45, 2.75) is 62.6 Å². The Morgan fingerprint density at radius 1 is 1.04 bits per heavy atom. The second-order valence-corrected chi connectivity index (χ2v) is 21.3. The van der Waals surface area contributed by atoms with Gasteiger partial charge in [-0.15, -0.1) is 0 Å². The van der Waals surface area contributed by atoms with Gasteiger partial charge in [-0.05, 0) is 84.7 Å². The number of H-pyrrole nitrogens is 1. The van der Waals surface area contributed by atoms with Gasteiger partial charge in [0.25, 0.3) is 21.6 Å². The second-order valence-electron chi connectivity index (χ2n) is 19.2. The number of nitro groups is 1. The minimum atomic E-state index is -4.66. The summed E-state index contributed by atoms with van der Waals surface area (Å²) in [5.41, 5.74) is 7.08. The summed E-state index contributed by atoms with van der Waals surface area (Å²) in [6.45, 7) is 10.9. The van der Waals surface area contributed by atoms with Gasteiger partial charge in [-0.1, -0.05) is 43.2 Å². The number of nitrogens with zero attached hydrogens (tertiary/aromatic N) is 7. The standard InChI is InChI=1S/C48H51ClN10O7S/c1-48(2)11-9-31(39(22-48)29-3-5-32(49)6-4-29)24-55-13-15-56(16-14-55)34-7-8-38(41(19-34)58-42-17-30-10-12-50-46(30)53-40(42)23-51-58)47(60)54-67(63,64)37-20-43(59(61)62)45-44(21-37)66-27-33(52-45)25-57-26-36-18-35(57)28-65-36/h3-8,10,12,17,19-21,23,33,35-36,51-52H,9,11,13-16,18,22,24-28H2,1-2H3,(H,54,60)/t33-,35+,36+/m1/s1. The molecule has 17 nitrogen and oxygen atoms in total. The molecule has 348 valence electrons. The van der Waals surface area contributed by atoms with Gasteiger partial charge in [0.05, 0.1) is 45.3 Å². The number of aromatic amines is 1. The Balaban J connectivity index is 0.858. The highest BCUT2D eigenvalue weighted by molar-refractivity contribution is 7.90. The van der Waals surface area contributed by atoms with E-state index in [0.29, 0.717) is 41.6 Å². The van der Waals surface area contributed by atoms with Crippen molar-refractivity contribution in [1.29, 1.82) is 0 Å². The SMILES string of the molecule is CC1(C)CCC(CN2CCN(c3ccc(C(=O)NS(=O)(=O)c4cc5c(c([N+](=O)[O-])c4)N[C@H](CN4C[C@@H]6C[C@H]4CO6)CO5)c(-n4[nH]cc5nc6nccc6cc54)c3)CC2)=C(c2ccc(Cl)cc2)C1. The van der Waals surface area contributed by atoms with Gasteiger partial charge < -0.3 is 19.7 Å². The van der Waals surface area contributed by atoms with Crippen LogP contribution in [-0.2, 0) is 14.8 Å². The van der Waals surface area contributed by atoms with Crippen LogP contribution in [0.3, 0.4) is 0 Å². The van der Waals surface area contributed by atoms with E-state index in [2.05, 4.69) is 60.8 Å². The number of ether oxygens (including phenoxy) is 2. The van der Waals surface area contributed by atoms with Gasteiger partial charge in [0.2, 0.25) is 0 Å². The van der Waals surface area contributed by atoms with Crippen LogP contribution in [-0.4, -0.2) is 126 Å². The number of anilines is 2. The van der Waals surface area contributed by atoms with Crippen LogP contribution in [0.5, 0.6) is 5.75 Å². The summed E-state index contributed by atoms with van der Waals surface area (Å²) in [5.74, 6) is -0.903. The lowest BCUT2D eigenvalue weighted by Gasteiger charge is -2.39. The van der Waals surface area contributed by atoms with Crippen LogP contribution in [0.1, 0.15) is 55.5 Å². The minimum Gasteiger partial charge on any atom is -0.489 e. The largest absolute Gasteiger partial charge is 0.489 e. The first-order chi connectivity index (χ1) is 32.2. The summed E-state index contributed by atoms with van der Waals surface area (Å²) in [6.07, 6.45) is 7.73. The normalized spacial score (nSPS) is 22.0. The third kappa shape index (κ3) is 8.49. The summed E-state index contributed by atoms with van der Waals surface area (Å²) in [5, 5.41) is 20.4. The Morgan fingerprint density at radius 3 is 2.63 bits per heavy atom. The van der Waals surface area contributed by atoms with Crippen molar-refractivity contribution < 1.29 is 27.6 Å². The zero-order chi connectivity index (χ0) is 46.2. The molecule has 0 saturated carbocycles.